The van der Waals surface area contributed by atoms with Crippen LogP contribution in [0.15, 0.2) is 10.6 Å². The molecule has 0 saturated carbocycles. The van der Waals surface area contributed by atoms with E-state index in [9.17, 15) is 9.59 Å². The van der Waals surface area contributed by atoms with Crippen molar-refractivity contribution >= 4 is 12.4 Å². The van der Waals surface area contributed by atoms with Gasteiger partial charge in [0.2, 0.25) is 0 Å². The average Bonchev–Trinajstić information content (AvgIpc) is 2.58. The third kappa shape index (κ3) is 4.26. The van der Waals surface area contributed by atoms with Crippen LogP contribution < -0.4 is 5.32 Å². The van der Waals surface area contributed by atoms with Crippen LogP contribution in [0.1, 0.15) is 38.3 Å². The molecule has 1 rings (SSSR count). The second kappa shape index (κ2) is 4.99. The summed E-state index contributed by atoms with van der Waals surface area (Å²) in [5.74, 6) is 0.281. The van der Waals surface area contributed by atoms with Gasteiger partial charge in [-0.25, -0.2) is 4.79 Å². The van der Waals surface area contributed by atoms with E-state index < -0.39 is 17.7 Å². The number of aryl methyl sites for hydroxylation is 1. The summed E-state index contributed by atoms with van der Waals surface area (Å²) in [5, 5.41) is 6.03. The predicted molar refractivity (Wildman–Crippen MR) is 59.4 cm³/mol. The SMILES string of the molecule is Cc1cc(C(C=O)NC(=O)OC(C)(C)C)on1. The number of rotatable bonds is 3. The Morgan fingerprint density at radius 1 is 1.59 bits per heavy atom. The van der Waals surface area contributed by atoms with Crippen molar-refractivity contribution in [3.8, 4) is 0 Å². The first-order chi connectivity index (χ1) is 7.81. The number of carbonyl (C=O) groups is 2. The van der Waals surface area contributed by atoms with E-state index in [0.29, 0.717) is 12.0 Å². The number of aldehydes is 1. The van der Waals surface area contributed by atoms with Crippen molar-refractivity contribution in [2.75, 3.05) is 0 Å². The number of alkyl carbamates (subject to hydrolysis) is 1. The number of amides is 1. The van der Waals surface area contributed by atoms with E-state index >= 15 is 0 Å². The van der Waals surface area contributed by atoms with E-state index in [1.807, 2.05) is 0 Å². The van der Waals surface area contributed by atoms with E-state index in [0.717, 1.165) is 0 Å². The van der Waals surface area contributed by atoms with Crippen molar-refractivity contribution < 1.29 is 18.8 Å². The maximum atomic E-state index is 11.5. The fourth-order valence-corrected chi connectivity index (χ4v) is 1.14. The van der Waals surface area contributed by atoms with Crippen molar-refractivity contribution in [2.24, 2.45) is 0 Å². The molecule has 0 bridgehead atoms. The molecule has 0 spiro atoms. The topological polar surface area (TPSA) is 81.4 Å². The van der Waals surface area contributed by atoms with E-state index in [1.54, 1.807) is 33.8 Å². The molecule has 94 valence electrons. The maximum Gasteiger partial charge on any atom is 0.408 e. The van der Waals surface area contributed by atoms with Crippen molar-refractivity contribution in [2.45, 2.75) is 39.3 Å². The summed E-state index contributed by atoms with van der Waals surface area (Å²) in [6.45, 7) is 6.94. The lowest BCUT2D eigenvalue weighted by atomic mass is 10.2. The predicted octanol–water partition coefficient (Wildman–Crippen LogP) is 1.75. The second-order valence-corrected chi connectivity index (χ2v) is 4.63. The van der Waals surface area contributed by atoms with Crippen molar-refractivity contribution in [1.82, 2.24) is 10.5 Å². The molecule has 1 unspecified atom stereocenters. The smallest absolute Gasteiger partial charge is 0.408 e. The van der Waals surface area contributed by atoms with Gasteiger partial charge in [-0.3, -0.25) is 0 Å². The maximum absolute atomic E-state index is 11.5. The molecule has 0 aliphatic heterocycles. The normalized spacial score (nSPS) is 12.9. The lowest BCUT2D eigenvalue weighted by Gasteiger charge is -2.20. The molecule has 1 atom stereocenters. The Labute approximate surface area is 99.3 Å². The van der Waals surface area contributed by atoms with Gasteiger partial charge in [0.05, 0.1) is 5.69 Å². The number of ether oxygens (including phenoxy) is 1. The van der Waals surface area contributed by atoms with Crippen LogP contribution in [0.2, 0.25) is 0 Å². The van der Waals surface area contributed by atoms with Gasteiger partial charge >= 0.3 is 6.09 Å². The molecule has 6 nitrogen and oxygen atoms in total. The Balaban J connectivity index is 2.65. The summed E-state index contributed by atoms with van der Waals surface area (Å²) < 4.78 is 9.92. The van der Waals surface area contributed by atoms with Crippen LogP contribution in [0.25, 0.3) is 0 Å². The van der Waals surface area contributed by atoms with Crippen LogP contribution >= 0.6 is 0 Å². The molecule has 0 aliphatic carbocycles. The number of hydrogen-bond acceptors (Lipinski definition) is 5. The Bertz CT molecular complexity index is 406. The number of nitrogens with zero attached hydrogens (tertiary/aromatic N) is 1. The Morgan fingerprint density at radius 2 is 2.24 bits per heavy atom. The molecule has 0 fully saturated rings. The minimum atomic E-state index is -0.883. The molecule has 17 heavy (non-hydrogen) atoms. The summed E-state index contributed by atoms with van der Waals surface area (Å²) in [4.78, 5) is 22.3. The minimum Gasteiger partial charge on any atom is -0.444 e. The summed E-state index contributed by atoms with van der Waals surface area (Å²) >= 11 is 0. The molecule has 1 aromatic heterocycles. The van der Waals surface area contributed by atoms with E-state index in [4.69, 9.17) is 9.26 Å². The fraction of sp³-hybridized carbons (Fsp3) is 0.545. The molecule has 0 radical (unpaired) electrons. The standard InChI is InChI=1S/C11H16N2O4/c1-7-5-9(17-13-7)8(6-14)12-10(15)16-11(2,3)4/h5-6,8H,1-4H3,(H,12,15). The van der Waals surface area contributed by atoms with Gasteiger partial charge in [-0.1, -0.05) is 5.16 Å². The molecule has 1 amide bonds. The van der Waals surface area contributed by atoms with Gasteiger partial charge in [0.1, 0.15) is 17.9 Å². The van der Waals surface area contributed by atoms with Crippen LogP contribution in [-0.2, 0) is 9.53 Å². The third-order valence-corrected chi connectivity index (χ3v) is 1.76. The van der Waals surface area contributed by atoms with Crippen LogP contribution in [0, 0.1) is 6.92 Å². The summed E-state index contributed by atoms with van der Waals surface area (Å²) in [5.41, 5.74) is 0.0207. The van der Waals surface area contributed by atoms with Gasteiger partial charge in [-0.2, -0.15) is 0 Å². The van der Waals surface area contributed by atoms with Crippen LogP contribution in [0.3, 0.4) is 0 Å². The molecule has 0 aromatic carbocycles. The van der Waals surface area contributed by atoms with E-state index in [2.05, 4.69) is 10.5 Å². The van der Waals surface area contributed by atoms with Crippen LogP contribution in [0.4, 0.5) is 4.79 Å². The molecular formula is C11H16N2O4. The van der Waals surface area contributed by atoms with E-state index in [1.165, 1.54) is 0 Å². The summed E-state index contributed by atoms with van der Waals surface area (Å²) in [6, 6.07) is 0.697. The van der Waals surface area contributed by atoms with Crippen LogP contribution in [-0.4, -0.2) is 23.1 Å². The average molecular weight is 240 g/mol. The Hall–Kier alpha value is -1.85. The molecule has 0 saturated heterocycles. The monoisotopic (exact) mass is 240 g/mol. The second-order valence-electron chi connectivity index (χ2n) is 4.63. The molecule has 1 aromatic rings. The first-order valence-electron chi connectivity index (χ1n) is 5.20. The first kappa shape index (κ1) is 13.2. The quantitative estimate of drug-likeness (QED) is 0.814. The summed E-state index contributed by atoms with van der Waals surface area (Å²) in [7, 11) is 0. The lowest BCUT2D eigenvalue weighted by Crippen LogP contribution is -2.35. The van der Waals surface area contributed by atoms with E-state index in [-0.39, 0.29) is 5.76 Å². The Morgan fingerprint density at radius 3 is 2.65 bits per heavy atom. The minimum absolute atomic E-state index is 0.281. The van der Waals surface area contributed by atoms with Crippen LogP contribution in [0.5, 0.6) is 0 Å². The molecule has 1 N–H and O–H groups in total. The van der Waals surface area contributed by atoms with Gasteiger partial charge in [0.15, 0.2) is 5.76 Å². The first-order valence-corrected chi connectivity index (χ1v) is 5.20. The van der Waals surface area contributed by atoms with Crippen molar-refractivity contribution in [3.05, 3.63) is 17.5 Å². The van der Waals surface area contributed by atoms with Crippen molar-refractivity contribution in [1.29, 1.82) is 0 Å². The number of carbonyl (C=O) groups excluding carboxylic acids is 2. The Kier molecular flexibility index (Phi) is 3.88. The molecule has 6 heteroatoms. The highest BCUT2D eigenvalue weighted by atomic mass is 16.6. The number of aromatic nitrogens is 1. The zero-order chi connectivity index (χ0) is 13.1. The van der Waals surface area contributed by atoms with Gasteiger partial charge in [-0.05, 0) is 27.7 Å². The van der Waals surface area contributed by atoms with Gasteiger partial charge in [0.25, 0.3) is 0 Å². The highest BCUT2D eigenvalue weighted by Crippen LogP contribution is 2.13. The third-order valence-electron chi connectivity index (χ3n) is 1.76. The fourth-order valence-electron chi connectivity index (χ4n) is 1.14. The highest BCUT2D eigenvalue weighted by Gasteiger charge is 2.22. The van der Waals surface area contributed by atoms with Crippen molar-refractivity contribution in [3.63, 3.8) is 0 Å². The zero-order valence-electron chi connectivity index (χ0n) is 10.3. The molecular weight excluding hydrogens is 224 g/mol. The zero-order valence-corrected chi connectivity index (χ0v) is 10.3. The number of nitrogens with one attached hydrogen (secondary N) is 1. The molecule has 1 heterocycles. The lowest BCUT2D eigenvalue weighted by molar-refractivity contribution is -0.110. The van der Waals surface area contributed by atoms with Gasteiger partial charge in [-0.15, -0.1) is 0 Å². The largest absolute Gasteiger partial charge is 0.444 e. The van der Waals surface area contributed by atoms with Gasteiger partial charge in [0, 0.05) is 6.07 Å². The highest BCUT2D eigenvalue weighted by molar-refractivity contribution is 5.74. The summed E-state index contributed by atoms with van der Waals surface area (Å²) in [6.07, 6.45) is -0.118. The number of hydrogen-bond donors (Lipinski definition) is 1. The molecule has 0 aliphatic rings. The van der Waals surface area contributed by atoms with Gasteiger partial charge < -0.3 is 19.4 Å².